The van der Waals surface area contributed by atoms with E-state index in [-0.39, 0.29) is 0 Å². The van der Waals surface area contributed by atoms with Gasteiger partial charge in [0.05, 0.1) is 33.1 Å². The van der Waals surface area contributed by atoms with Crippen LogP contribution in [0.2, 0.25) is 0 Å². The number of nitrogens with zero attached hydrogens (tertiary/aromatic N) is 4. The van der Waals surface area contributed by atoms with E-state index >= 15 is 0 Å². The minimum Gasteiger partial charge on any atom is -0.309 e. The maximum absolute atomic E-state index is 4.70. The number of hydrogen-bond acceptors (Lipinski definition) is 1. The third-order valence-electron chi connectivity index (χ3n) is 14.7. The van der Waals surface area contributed by atoms with Crippen molar-refractivity contribution in [1.29, 1.82) is 0 Å². The summed E-state index contributed by atoms with van der Waals surface area (Å²) < 4.78 is 7.40. The first-order valence-corrected chi connectivity index (χ1v) is 26.0. The molecule has 0 fully saturated rings. The summed E-state index contributed by atoms with van der Waals surface area (Å²) in [5.41, 5.74) is 12.8. The normalized spacial score (nSPS) is 12.0. The Bertz CT molecular complexity index is 4170. The molecule has 0 saturated heterocycles. The number of para-hydroxylation sites is 3. The lowest BCUT2D eigenvalue weighted by atomic mass is 9.95. The molecule has 0 saturated carbocycles. The Morgan fingerprint density at radius 3 is 1.36 bits per heavy atom. The van der Waals surface area contributed by atoms with Gasteiger partial charge in [-0.3, -0.25) is 4.98 Å². The van der Waals surface area contributed by atoms with E-state index in [2.05, 4.69) is 268 Å². The summed E-state index contributed by atoms with van der Waals surface area (Å²) in [6.45, 7) is 0. The predicted octanol–water partition coefficient (Wildman–Crippen LogP) is 13.4. The second kappa shape index (κ2) is 16.1. The standard InChI is InChI=1S/C65H44N4Si/c1-6-21-45(22-7-1)67-58-41-42-66-44-56(58)63-53(35-19-37-59(63)67)52-34-20-38-60-62(52)55-39-40-61-64(65(55)69(60)46-23-8-2-9-24-46)54-33-16-17-36-57(54)68(61)47-25-18-32-51(43-47)70(48-26-10-3-11-27-48,49-28-12-4-13-29-49)50-30-14-5-15-31-50/h1-44H. The lowest BCUT2D eigenvalue weighted by Gasteiger charge is -2.34. The summed E-state index contributed by atoms with van der Waals surface area (Å²) >= 11 is 0. The molecule has 0 N–H and O–H groups in total. The van der Waals surface area contributed by atoms with Crippen LogP contribution in [0.15, 0.2) is 267 Å². The fourth-order valence-electron chi connectivity index (χ4n) is 11.9. The monoisotopic (exact) mass is 908 g/mol. The van der Waals surface area contributed by atoms with Crippen LogP contribution in [0.5, 0.6) is 0 Å². The molecule has 4 aromatic heterocycles. The van der Waals surface area contributed by atoms with Crippen LogP contribution >= 0.6 is 0 Å². The van der Waals surface area contributed by atoms with Crippen molar-refractivity contribution in [2.45, 2.75) is 0 Å². The van der Waals surface area contributed by atoms with E-state index in [0.29, 0.717) is 0 Å². The highest BCUT2D eigenvalue weighted by Crippen LogP contribution is 2.47. The molecule has 0 aliphatic carbocycles. The van der Waals surface area contributed by atoms with Gasteiger partial charge >= 0.3 is 0 Å². The van der Waals surface area contributed by atoms with E-state index in [1.165, 1.54) is 69.8 Å². The summed E-state index contributed by atoms with van der Waals surface area (Å²) in [4.78, 5) is 4.70. The van der Waals surface area contributed by atoms with Crippen molar-refractivity contribution in [2.75, 3.05) is 0 Å². The highest BCUT2D eigenvalue weighted by Gasteiger charge is 2.41. The number of aromatic nitrogens is 4. The third kappa shape index (κ3) is 5.85. The molecule has 0 aliphatic rings. The highest BCUT2D eigenvalue weighted by molar-refractivity contribution is 7.19. The second-order valence-corrected chi connectivity index (χ2v) is 22.1. The van der Waals surface area contributed by atoms with E-state index in [0.717, 1.165) is 44.5 Å². The Labute approximate surface area is 406 Å². The first-order chi connectivity index (χ1) is 34.8. The van der Waals surface area contributed by atoms with Crippen LogP contribution in [0, 0.1) is 0 Å². The number of fused-ring (bicyclic) bond motifs is 10. The summed E-state index contributed by atoms with van der Waals surface area (Å²) in [7, 11) is -2.81. The molecule has 0 unspecified atom stereocenters. The van der Waals surface area contributed by atoms with Crippen LogP contribution < -0.4 is 20.7 Å². The van der Waals surface area contributed by atoms with Gasteiger partial charge in [0, 0.05) is 61.8 Å². The first kappa shape index (κ1) is 40.1. The van der Waals surface area contributed by atoms with Gasteiger partial charge in [-0.25, -0.2) is 0 Å². The predicted molar refractivity (Wildman–Crippen MR) is 296 cm³/mol. The minimum absolute atomic E-state index is 1.12. The Hall–Kier alpha value is -9.03. The molecule has 0 spiro atoms. The van der Waals surface area contributed by atoms with Gasteiger partial charge < -0.3 is 13.7 Å². The average Bonchev–Trinajstić information content (AvgIpc) is 4.09. The zero-order chi connectivity index (χ0) is 46.2. The molecule has 4 heterocycles. The quantitative estimate of drug-likeness (QED) is 0.110. The van der Waals surface area contributed by atoms with Crippen molar-refractivity contribution in [3.63, 3.8) is 0 Å². The molecule has 0 aliphatic heterocycles. The molecular weight excluding hydrogens is 865 g/mol. The lowest BCUT2D eigenvalue weighted by Crippen LogP contribution is -2.74. The fraction of sp³-hybridized carbons (Fsp3) is 0. The molecule has 0 amide bonds. The molecular formula is C65H44N4Si. The van der Waals surface area contributed by atoms with Crippen molar-refractivity contribution < 1.29 is 0 Å². The SMILES string of the molecule is c1ccc(-n2c3ccncc3c3c(-c4cccc5c4c4ccc6c(c7ccccc7n6-c6cccc([Si](c7ccccc7)(c7ccccc7)c7ccccc7)c6)c4n5-c4ccccc4)cccc32)cc1. The van der Waals surface area contributed by atoms with E-state index in [4.69, 9.17) is 4.98 Å². The zero-order valence-corrected chi connectivity index (χ0v) is 39.2. The van der Waals surface area contributed by atoms with Gasteiger partial charge in [-0.15, -0.1) is 0 Å². The summed E-state index contributed by atoms with van der Waals surface area (Å²) in [6, 6.07) is 94.1. The largest absolute Gasteiger partial charge is 0.309 e. The van der Waals surface area contributed by atoms with Gasteiger partial charge in [0.15, 0.2) is 8.07 Å². The Balaban J connectivity index is 1.07. The lowest BCUT2D eigenvalue weighted by molar-refractivity contribution is 1.17. The van der Waals surface area contributed by atoms with Crippen LogP contribution in [-0.4, -0.2) is 26.8 Å². The molecule has 5 heteroatoms. The molecule has 14 rings (SSSR count). The van der Waals surface area contributed by atoms with Gasteiger partial charge in [-0.05, 0) is 98.6 Å². The highest BCUT2D eigenvalue weighted by atomic mass is 28.3. The van der Waals surface area contributed by atoms with E-state index in [1.807, 2.05) is 12.4 Å². The van der Waals surface area contributed by atoms with Gasteiger partial charge in [-0.2, -0.15) is 0 Å². The Morgan fingerprint density at radius 1 is 0.286 bits per heavy atom. The number of rotatable bonds is 8. The molecule has 0 atom stereocenters. The van der Waals surface area contributed by atoms with Crippen molar-refractivity contribution in [3.8, 4) is 28.2 Å². The Morgan fingerprint density at radius 2 is 0.729 bits per heavy atom. The van der Waals surface area contributed by atoms with Gasteiger partial charge in [0.1, 0.15) is 0 Å². The summed E-state index contributed by atoms with van der Waals surface area (Å²) in [5.74, 6) is 0. The molecule has 70 heavy (non-hydrogen) atoms. The maximum atomic E-state index is 4.70. The molecule has 0 bridgehead atoms. The molecule has 4 nitrogen and oxygen atoms in total. The van der Waals surface area contributed by atoms with E-state index < -0.39 is 8.07 Å². The molecule has 14 aromatic rings. The average molecular weight is 909 g/mol. The van der Waals surface area contributed by atoms with Crippen molar-refractivity contribution in [2.24, 2.45) is 0 Å². The second-order valence-electron chi connectivity index (χ2n) is 18.2. The van der Waals surface area contributed by atoms with Crippen LogP contribution in [0.25, 0.3) is 93.6 Å². The zero-order valence-electron chi connectivity index (χ0n) is 38.2. The van der Waals surface area contributed by atoms with Crippen LogP contribution in [0.4, 0.5) is 0 Å². The van der Waals surface area contributed by atoms with Gasteiger partial charge in [0.2, 0.25) is 0 Å². The van der Waals surface area contributed by atoms with Gasteiger partial charge in [-0.1, -0.05) is 188 Å². The van der Waals surface area contributed by atoms with E-state index in [1.54, 1.807) is 0 Å². The van der Waals surface area contributed by atoms with Crippen LogP contribution in [0.3, 0.4) is 0 Å². The van der Waals surface area contributed by atoms with Gasteiger partial charge in [0.25, 0.3) is 0 Å². The van der Waals surface area contributed by atoms with Crippen molar-refractivity contribution in [1.82, 2.24) is 18.7 Å². The van der Waals surface area contributed by atoms with E-state index in [9.17, 15) is 0 Å². The molecule has 10 aromatic carbocycles. The summed E-state index contributed by atoms with van der Waals surface area (Å²) in [5, 5.41) is 12.6. The summed E-state index contributed by atoms with van der Waals surface area (Å²) in [6.07, 6.45) is 3.94. The van der Waals surface area contributed by atoms with Crippen molar-refractivity contribution >= 4 is 94.2 Å². The smallest absolute Gasteiger partial charge is 0.179 e. The maximum Gasteiger partial charge on any atom is 0.179 e. The molecule has 328 valence electrons. The fourth-order valence-corrected chi connectivity index (χ4v) is 16.7. The minimum atomic E-state index is -2.81. The first-order valence-electron chi connectivity index (χ1n) is 24.0. The van der Waals surface area contributed by atoms with Crippen LogP contribution in [-0.2, 0) is 0 Å². The van der Waals surface area contributed by atoms with Crippen LogP contribution in [0.1, 0.15) is 0 Å². The number of benzene rings is 10. The number of hydrogen-bond donors (Lipinski definition) is 0. The number of pyridine rings is 1. The Kier molecular flexibility index (Phi) is 9.19. The topological polar surface area (TPSA) is 27.7 Å². The third-order valence-corrected chi connectivity index (χ3v) is 19.4. The van der Waals surface area contributed by atoms with Crippen molar-refractivity contribution in [3.05, 3.63) is 267 Å². The molecule has 0 radical (unpaired) electrons.